The lowest BCUT2D eigenvalue weighted by Gasteiger charge is -2.26. The number of rotatable bonds is 4. The fraction of sp³-hybridized carbons (Fsp3) is 0.391. The maximum Gasteiger partial charge on any atom is 0.337 e. The molecule has 1 aliphatic carbocycles. The van der Waals surface area contributed by atoms with Crippen LogP contribution in [0.25, 0.3) is 0 Å². The standard InChI is InChI=1S/C23H24N2O3/c26-23(27)20-9-11-24-15-21(20)25-14-18-10-12-28-22-13-17(7-8-19(18)22)6-5-16-3-1-2-4-16/h7-9,11,13,15-16,18,25H,1-4,10,12,14H2,(H,26,27)/t18-/m1/s1. The highest BCUT2D eigenvalue weighted by molar-refractivity contribution is 5.93. The topological polar surface area (TPSA) is 71.5 Å². The molecule has 1 aliphatic heterocycles. The van der Waals surface area contributed by atoms with Crippen LogP contribution in [0.15, 0.2) is 36.7 Å². The number of fused-ring (bicyclic) bond motifs is 1. The Morgan fingerprint density at radius 1 is 1.25 bits per heavy atom. The average Bonchev–Trinajstić information content (AvgIpc) is 3.24. The Kier molecular flexibility index (Phi) is 5.48. The van der Waals surface area contributed by atoms with E-state index in [4.69, 9.17) is 4.74 Å². The van der Waals surface area contributed by atoms with Crippen molar-refractivity contribution in [2.45, 2.75) is 38.0 Å². The fourth-order valence-electron chi connectivity index (χ4n) is 3.96. The van der Waals surface area contributed by atoms with Gasteiger partial charge in [-0.1, -0.05) is 30.7 Å². The van der Waals surface area contributed by atoms with Gasteiger partial charge < -0.3 is 15.2 Å². The molecule has 1 saturated carbocycles. The summed E-state index contributed by atoms with van der Waals surface area (Å²) in [7, 11) is 0. The molecule has 4 rings (SSSR count). The van der Waals surface area contributed by atoms with Crippen LogP contribution in [0.2, 0.25) is 0 Å². The molecular formula is C23H24N2O3. The third kappa shape index (κ3) is 4.12. The van der Waals surface area contributed by atoms with Gasteiger partial charge in [-0.3, -0.25) is 4.98 Å². The lowest BCUT2D eigenvalue weighted by molar-refractivity contribution is 0.0697. The summed E-state index contributed by atoms with van der Waals surface area (Å²) < 4.78 is 5.88. The Morgan fingerprint density at radius 3 is 2.93 bits per heavy atom. The first-order valence-electron chi connectivity index (χ1n) is 9.90. The number of nitrogens with zero attached hydrogens (tertiary/aromatic N) is 1. The lowest BCUT2D eigenvalue weighted by Crippen LogP contribution is -2.21. The summed E-state index contributed by atoms with van der Waals surface area (Å²) in [5, 5.41) is 12.6. The normalized spacial score (nSPS) is 18.5. The summed E-state index contributed by atoms with van der Waals surface area (Å²) in [4.78, 5) is 15.4. The molecule has 2 heterocycles. The molecule has 0 unspecified atom stereocenters. The molecule has 2 N–H and O–H groups in total. The zero-order valence-corrected chi connectivity index (χ0v) is 15.8. The van der Waals surface area contributed by atoms with Crippen molar-refractivity contribution < 1.29 is 14.6 Å². The molecule has 1 aromatic carbocycles. The van der Waals surface area contributed by atoms with E-state index in [-0.39, 0.29) is 11.5 Å². The first-order chi connectivity index (χ1) is 13.7. The molecule has 2 aliphatic rings. The number of aromatic carboxylic acids is 1. The van der Waals surface area contributed by atoms with Crippen molar-refractivity contribution in [2.75, 3.05) is 18.5 Å². The van der Waals surface area contributed by atoms with E-state index in [0.717, 1.165) is 23.3 Å². The number of carboxylic acids is 1. The van der Waals surface area contributed by atoms with Crippen LogP contribution in [0.4, 0.5) is 5.69 Å². The number of aromatic nitrogens is 1. The summed E-state index contributed by atoms with van der Waals surface area (Å²) in [5.41, 5.74) is 2.92. The maximum absolute atomic E-state index is 11.4. The quantitative estimate of drug-likeness (QED) is 0.779. The highest BCUT2D eigenvalue weighted by atomic mass is 16.5. The predicted octanol–water partition coefficient (Wildman–Crippen LogP) is 4.30. The SMILES string of the molecule is O=C(O)c1ccncc1NC[C@H]1CCOc2cc(C#CC3CCCC3)ccc21. The minimum absolute atomic E-state index is 0.236. The number of hydrogen-bond acceptors (Lipinski definition) is 4. The molecule has 1 atom stereocenters. The second-order valence-electron chi connectivity index (χ2n) is 7.44. The minimum atomic E-state index is -0.956. The Labute approximate surface area is 165 Å². The van der Waals surface area contributed by atoms with Crippen molar-refractivity contribution in [2.24, 2.45) is 5.92 Å². The fourth-order valence-corrected chi connectivity index (χ4v) is 3.96. The zero-order chi connectivity index (χ0) is 19.3. The number of ether oxygens (including phenoxy) is 1. The smallest absolute Gasteiger partial charge is 0.337 e. The molecule has 2 aromatic rings. The number of benzene rings is 1. The van der Waals surface area contributed by atoms with Gasteiger partial charge in [-0.25, -0.2) is 4.79 Å². The third-order valence-electron chi connectivity index (χ3n) is 5.54. The molecule has 0 saturated heterocycles. The van der Waals surface area contributed by atoms with Gasteiger partial charge in [-0.05, 0) is 43.0 Å². The van der Waals surface area contributed by atoms with Crippen LogP contribution in [-0.4, -0.2) is 29.2 Å². The van der Waals surface area contributed by atoms with Crippen LogP contribution in [-0.2, 0) is 0 Å². The van der Waals surface area contributed by atoms with E-state index in [2.05, 4.69) is 34.3 Å². The van der Waals surface area contributed by atoms with E-state index in [1.54, 1.807) is 6.20 Å². The molecule has 0 spiro atoms. The molecule has 0 radical (unpaired) electrons. The Bertz CT molecular complexity index is 923. The van der Waals surface area contributed by atoms with Crippen LogP contribution in [0, 0.1) is 17.8 Å². The highest BCUT2D eigenvalue weighted by Crippen LogP contribution is 2.34. The van der Waals surface area contributed by atoms with Crippen LogP contribution in [0.5, 0.6) is 5.75 Å². The van der Waals surface area contributed by atoms with Crippen molar-refractivity contribution in [3.05, 3.63) is 53.3 Å². The molecule has 144 valence electrons. The molecule has 28 heavy (non-hydrogen) atoms. The highest BCUT2D eigenvalue weighted by Gasteiger charge is 2.22. The van der Waals surface area contributed by atoms with Gasteiger partial charge in [0, 0.05) is 30.1 Å². The molecular weight excluding hydrogens is 352 g/mol. The Hall–Kier alpha value is -3.00. The largest absolute Gasteiger partial charge is 0.493 e. The number of hydrogen-bond donors (Lipinski definition) is 2. The Morgan fingerprint density at radius 2 is 2.11 bits per heavy atom. The molecule has 1 fully saturated rings. The van der Waals surface area contributed by atoms with E-state index >= 15 is 0 Å². The number of nitrogens with one attached hydrogen (secondary N) is 1. The number of pyridine rings is 1. The number of carboxylic acid groups (broad SMARTS) is 1. The maximum atomic E-state index is 11.4. The molecule has 0 amide bonds. The summed E-state index contributed by atoms with van der Waals surface area (Å²) in [6, 6.07) is 7.71. The number of anilines is 1. The lowest BCUT2D eigenvalue weighted by atomic mass is 9.92. The summed E-state index contributed by atoms with van der Waals surface area (Å²) in [5.74, 6) is 7.43. The first kappa shape index (κ1) is 18.4. The summed E-state index contributed by atoms with van der Waals surface area (Å²) in [6.07, 6.45) is 8.96. The van der Waals surface area contributed by atoms with Gasteiger partial charge in [0.25, 0.3) is 0 Å². The first-order valence-corrected chi connectivity index (χ1v) is 9.90. The Balaban J connectivity index is 1.47. The van der Waals surface area contributed by atoms with E-state index in [0.29, 0.717) is 24.8 Å². The van der Waals surface area contributed by atoms with Gasteiger partial charge in [0.15, 0.2) is 0 Å². The van der Waals surface area contributed by atoms with Gasteiger partial charge >= 0.3 is 5.97 Å². The monoisotopic (exact) mass is 376 g/mol. The molecule has 0 bridgehead atoms. The zero-order valence-electron chi connectivity index (χ0n) is 15.8. The minimum Gasteiger partial charge on any atom is -0.493 e. The van der Waals surface area contributed by atoms with E-state index < -0.39 is 5.97 Å². The van der Waals surface area contributed by atoms with Crippen molar-refractivity contribution >= 4 is 11.7 Å². The van der Waals surface area contributed by atoms with Gasteiger partial charge in [0.2, 0.25) is 0 Å². The number of carbonyl (C=O) groups is 1. The van der Waals surface area contributed by atoms with Gasteiger partial charge in [-0.15, -0.1) is 0 Å². The van der Waals surface area contributed by atoms with Crippen LogP contribution < -0.4 is 10.1 Å². The van der Waals surface area contributed by atoms with Crippen molar-refractivity contribution in [1.82, 2.24) is 4.98 Å². The second kappa shape index (κ2) is 8.35. The van der Waals surface area contributed by atoms with Crippen molar-refractivity contribution in [1.29, 1.82) is 0 Å². The van der Waals surface area contributed by atoms with Crippen LogP contribution in [0.1, 0.15) is 59.5 Å². The second-order valence-corrected chi connectivity index (χ2v) is 7.44. The molecule has 1 aromatic heterocycles. The predicted molar refractivity (Wildman–Crippen MR) is 108 cm³/mol. The van der Waals surface area contributed by atoms with Crippen molar-refractivity contribution in [3.8, 4) is 17.6 Å². The van der Waals surface area contributed by atoms with Crippen LogP contribution >= 0.6 is 0 Å². The third-order valence-corrected chi connectivity index (χ3v) is 5.54. The van der Waals surface area contributed by atoms with Gasteiger partial charge in [0.1, 0.15) is 5.75 Å². The van der Waals surface area contributed by atoms with E-state index in [1.165, 1.54) is 37.9 Å². The summed E-state index contributed by atoms with van der Waals surface area (Å²) >= 11 is 0. The van der Waals surface area contributed by atoms with E-state index in [1.807, 2.05) is 6.07 Å². The van der Waals surface area contributed by atoms with Crippen LogP contribution in [0.3, 0.4) is 0 Å². The molecule has 5 nitrogen and oxygen atoms in total. The summed E-state index contributed by atoms with van der Waals surface area (Å²) in [6.45, 7) is 1.28. The average molecular weight is 376 g/mol. The van der Waals surface area contributed by atoms with Crippen molar-refractivity contribution in [3.63, 3.8) is 0 Å². The molecule has 5 heteroatoms. The van der Waals surface area contributed by atoms with E-state index in [9.17, 15) is 9.90 Å². The van der Waals surface area contributed by atoms with Gasteiger partial charge in [-0.2, -0.15) is 0 Å². The van der Waals surface area contributed by atoms with Gasteiger partial charge in [0.05, 0.1) is 24.1 Å².